The number of halogens is 3. The maximum Gasteiger partial charge on any atom is 0.389 e. The van der Waals surface area contributed by atoms with Gasteiger partial charge in [-0.2, -0.15) is 13.2 Å². The zero-order valence-electron chi connectivity index (χ0n) is 11.4. The van der Waals surface area contributed by atoms with Crippen LogP contribution in [-0.4, -0.2) is 23.8 Å². The third-order valence-corrected chi connectivity index (χ3v) is 3.89. The minimum atomic E-state index is -4.23. The van der Waals surface area contributed by atoms with Gasteiger partial charge in [-0.3, -0.25) is 9.36 Å². The van der Waals surface area contributed by atoms with Crippen molar-refractivity contribution in [3.63, 3.8) is 0 Å². The van der Waals surface area contributed by atoms with Crippen LogP contribution in [0.5, 0.6) is 5.75 Å². The molecule has 21 heavy (non-hydrogen) atoms. The largest absolute Gasteiger partial charge is 0.497 e. The number of methoxy groups -OCH3 is 1. The molecule has 0 radical (unpaired) electrons. The Balaban J connectivity index is 2.13. The number of hydrogen-bond acceptors (Lipinski definition) is 2. The Labute approximate surface area is 119 Å². The lowest BCUT2D eigenvalue weighted by atomic mass is 9.92. The van der Waals surface area contributed by atoms with E-state index >= 15 is 0 Å². The van der Waals surface area contributed by atoms with E-state index in [2.05, 4.69) is 0 Å². The van der Waals surface area contributed by atoms with E-state index in [0.717, 1.165) is 5.39 Å². The summed E-state index contributed by atoms with van der Waals surface area (Å²) in [5.41, 5.74) is 1.06. The molecule has 0 N–H and O–H groups in total. The number of alkyl halides is 3. The van der Waals surface area contributed by atoms with Crippen molar-refractivity contribution >= 4 is 16.8 Å². The minimum absolute atomic E-state index is 0.134. The first-order valence-corrected chi connectivity index (χ1v) is 6.68. The van der Waals surface area contributed by atoms with E-state index in [9.17, 15) is 18.0 Å². The third-order valence-electron chi connectivity index (χ3n) is 3.89. The smallest absolute Gasteiger partial charge is 0.389 e. The molecule has 0 fully saturated rings. The van der Waals surface area contributed by atoms with E-state index in [4.69, 9.17) is 4.74 Å². The predicted molar refractivity (Wildman–Crippen MR) is 71.8 cm³/mol. The molecule has 6 heteroatoms. The van der Waals surface area contributed by atoms with Crippen molar-refractivity contribution in [1.29, 1.82) is 0 Å². The Hall–Kier alpha value is -1.98. The number of rotatable bonds is 2. The van der Waals surface area contributed by atoms with Crippen molar-refractivity contribution in [1.82, 2.24) is 4.57 Å². The Kier molecular flexibility index (Phi) is 3.19. The molecule has 3 rings (SSSR count). The number of hydrogen-bond donors (Lipinski definition) is 0. The number of carbonyl (C=O) groups excluding carboxylic acids is 1. The SMILES string of the molecule is COc1ccc2cc3n(c2c1)C(=O)CCC3CC(F)(F)F. The van der Waals surface area contributed by atoms with Gasteiger partial charge in [-0.25, -0.2) is 0 Å². The van der Waals surface area contributed by atoms with Crippen LogP contribution in [0.25, 0.3) is 10.9 Å². The van der Waals surface area contributed by atoms with Crippen LogP contribution >= 0.6 is 0 Å². The Bertz CT molecular complexity index is 703. The second-order valence-corrected chi connectivity index (χ2v) is 5.28. The molecule has 0 aliphatic carbocycles. The molecule has 3 nitrogen and oxygen atoms in total. The van der Waals surface area contributed by atoms with Gasteiger partial charge >= 0.3 is 6.18 Å². The fourth-order valence-electron chi connectivity index (χ4n) is 2.95. The first-order valence-electron chi connectivity index (χ1n) is 6.68. The maximum absolute atomic E-state index is 12.7. The number of aromatic nitrogens is 1. The summed E-state index contributed by atoms with van der Waals surface area (Å²) in [5.74, 6) is -0.248. The quantitative estimate of drug-likeness (QED) is 0.835. The second-order valence-electron chi connectivity index (χ2n) is 5.28. The average molecular weight is 297 g/mol. The molecule has 0 amide bonds. The summed E-state index contributed by atoms with van der Waals surface area (Å²) in [7, 11) is 1.51. The summed E-state index contributed by atoms with van der Waals surface area (Å²) in [6.07, 6.45) is -4.75. The van der Waals surface area contributed by atoms with Gasteiger partial charge in [0.25, 0.3) is 0 Å². The van der Waals surface area contributed by atoms with E-state index in [-0.39, 0.29) is 18.7 Å². The van der Waals surface area contributed by atoms with Crippen molar-refractivity contribution in [3.05, 3.63) is 30.0 Å². The number of carbonyl (C=O) groups is 1. The van der Waals surface area contributed by atoms with Gasteiger partial charge in [0.05, 0.1) is 19.0 Å². The zero-order chi connectivity index (χ0) is 15.2. The van der Waals surface area contributed by atoms with E-state index in [1.54, 1.807) is 24.3 Å². The molecule has 1 aromatic carbocycles. The van der Waals surface area contributed by atoms with Crippen LogP contribution < -0.4 is 4.74 Å². The van der Waals surface area contributed by atoms with Crippen molar-refractivity contribution in [2.24, 2.45) is 0 Å². The van der Waals surface area contributed by atoms with Gasteiger partial charge in [-0.15, -0.1) is 0 Å². The standard InChI is InChI=1S/C15H14F3NO2/c1-21-11-4-2-9-6-12-10(8-15(16,17)18)3-5-14(20)19(12)13(9)7-11/h2,4,6-7,10H,3,5,8H2,1H3. The monoisotopic (exact) mass is 297 g/mol. The van der Waals surface area contributed by atoms with Crippen LogP contribution in [0.3, 0.4) is 0 Å². The van der Waals surface area contributed by atoms with Crippen LogP contribution in [0.2, 0.25) is 0 Å². The fourth-order valence-corrected chi connectivity index (χ4v) is 2.95. The van der Waals surface area contributed by atoms with Crippen LogP contribution in [0.4, 0.5) is 13.2 Å². The van der Waals surface area contributed by atoms with Gasteiger partial charge < -0.3 is 4.74 Å². The molecule has 1 atom stereocenters. The number of benzene rings is 1. The van der Waals surface area contributed by atoms with Gasteiger partial charge in [0.2, 0.25) is 5.91 Å². The minimum Gasteiger partial charge on any atom is -0.497 e. The van der Waals surface area contributed by atoms with E-state index < -0.39 is 18.5 Å². The first kappa shape index (κ1) is 14.0. The molecule has 2 heterocycles. The summed E-state index contributed by atoms with van der Waals surface area (Å²) in [6.45, 7) is 0. The molecular formula is C15H14F3NO2. The molecule has 0 saturated carbocycles. The van der Waals surface area contributed by atoms with Gasteiger partial charge in [-0.05, 0) is 24.6 Å². The molecule has 112 valence electrons. The lowest BCUT2D eigenvalue weighted by molar-refractivity contribution is -0.139. The van der Waals surface area contributed by atoms with Crippen molar-refractivity contribution in [2.45, 2.75) is 31.4 Å². The summed E-state index contributed by atoms with van der Waals surface area (Å²) < 4.78 is 44.6. The van der Waals surface area contributed by atoms with Gasteiger partial charge in [0, 0.05) is 29.5 Å². The van der Waals surface area contributed by atoms with Crippen molar-refractivity contribution in [2.75, 3.05) is 7.11 Å². The molecule has 1 aliphatic rings. The molecule has 2 aromatic rings. The Morgan fingerprint density at radius 1 is 1.33 bits per heavy atom. The molecule has 1 aromatic heterocycles. The molecular weight excluding hydrogens is 283 g/mol. The van der Waals surface area contributed by atoms with E-state index in [0.29, 0.717) is 17.0 Å². The summed E-state index contributed by atoms with van der Waals surface area (Å²) >= 11 is 0. The number of ether oxygens (including phenoxy) is 1. The van der Waals surface area contributed by atoms with E-state index in [1.807, 2.05) is 0 Å². The molecule has 0 spiro atoms. The summed E-state index contributed by atoms with van der Waals surface area (Å²) in [4.78, 5) is 12.1. The van der Waals surface area contributed by atoms with E-state index in [1.165, 1.54) is 11.7 Å². The van der Waals surface area contributed by atoms with Gasteiger partial charge in [-0.1, -0.05) is 0 Å². The highest BCUT2D eigenvalue weighted by molar-refractivity contribution is 5.95. The van der Waals surface area contributed by atoms with Gasteiger partial charge in [0.15, 0.2) is 0 Å². The maximum atomic E-state index is 12.7. The summed E-state index contributed by atoms with van der Waals surface area (Å²) in [5, 5.41) is 0.758. The lowest BCUT2D eigenvalue weighted by Crippen LogP contribution is -2.25. The van der Waals surface area contributed by atoms with Crippen LogP contribution in [0.1, 0.15) is 35.7 Å². The second kappa shape index (κ2) is 4.79. The number of fused-ring (bicyclic) bond motifs is 3. The topological polar surface area (TPSA) is 31.2 Å². The third kappa shape index (κ3) is 2.50. The fraction of sp³-hybridized carbons (Fsp3) is 0.400. The average Bonchev–Trinajstić information content (AvgIpc) is 2.80. The Morgan fingerprint density at radius 3 is 2.76 bits per heavy atom. The van der Waals surface area contributed by atoms with Crippen LogP contribution in [0.15, 0.2) is 24.3 Å². The van der Waals surface area contributed by atoms with Crippen LogP contribution in [0, 0.1) is 0 Å². The highest BCUT2D eigenvalue weighted by atomic mass is 19.4. The van der Waals surface area contributed by atoms with Crippen molar-refractivity contribution < 1.29 is 22.7 Å². The number of nitrogens with zero attached hydrogens (tertiary/aromatic N) is 1. The van der Waals surface area contributed by atoms with Crippen LogP contribution in [-0.2, 0) is 0 Å². The molecule has 0 bridgehead atoms. The highest BCUT2D eigenvalue weighted by Crippen LogP contribution is 2.40. The molecule has 1 aliphatic heterocycles. The molecule has 1 unspecified atom stereocenters. The van der Waals surface area contributed by atoms with Gasteiger partial charge in [0.1, 0.15) is 5.75 Å². The van der Waals surface area contributed by atoms with Crippen molar-refractivity contribution in [3.8, 4) is 5.75 Å². The first-order chi connectivity index (χ1) is 9.89. The normalized spacial score (nSPS) is 18.9. The molecule has 0 saturated heterocycles. The highest BCUT2D eigenvalue weighted by Gasteiger charge is 2.37. The lowest BCUT2D eigenvalue weighted by Gasteiger charge is -2.25. The zero-order valence-corrected chi connectivity index (χ0v) is 11.4. The Morgan fingerprint density at radius 2 is 2.10 bits per heavy atom. The summed E-state index contributed by atoms with van der Waals surface area (Å²) in [6, 6.07) is 6.87. The predicted octanol–water partition coefficient (Wildman–Crippen LogP) is 4.12.